The minimum Gasteiger partial charge on any atom is -0.368 e. The Kier molecular flexibility index (Phi) is 3.90. The zero-order valence-corrected chi connectivity index (χ0v) is 14.0. The van der Waals surface area contributed by atoms with E-state index in [-0.39, 0.29) is 0 Å². The topological polar surface area (TPSA) is 80.9 Å². The highest BCUT2D eigenvalue weighted by molar-refractivity contribution is 7.19. The van der Waals surface area contributed by atoms with Crippen molar-refractivity contribution in [2.24, 2.45) is 5.73 Å². The molecule has 1 aliphatic carbocycles. The first kappa shape index (κ1) is 15.1. The van der Waals surface area contributed by atoms with Gasteiger partial charge in [0.25, 0.3) is 0 Å². The fraction of sp³-hybridized carbons (Fsp3) is 0.278. The van der Waals surface area contributed by atoms with Crippen LogP contribution in [0.15, 0.2) is 36.7 Å². The smallest absolute Gasteiger partial charge is 0.244 e. The molecule has 0 radical (unpaired) electrons. The minimum atomic E-state index is -0.608. The number of carbonyl (C=O) groups excluding carboxylic acids is 1. The van der Waals surface area contributed by atoms with Crippen LogP contribution in [0.4, 0.5) is 5.82 Å². The maximum absolute atomic E-state index is 12.0. The van der Waals surface area contributed by atoms with E-state index in [0.29, 0.717) is 5.82 Å². The van der Waals surface area contributed by atoms with Gasteiger partial charge in [-0.15, -0.1) is 11.3 Å². The molecule has 122 valence electrons. The number of nitrogens with one attached hydrogen (secondary N) is 1. The number of amides is 1. The molecule has 5 nitrogen and oxygen atoms in total. The Hall–Kier alpha value is -2.47. The standard InChI is InChI=1S/C18H18N4OS/c19-16(23)15(11-6-2-1-3-7-11)22-17-14-12-8-4-5-9-13(12)24-18(14)21-10-20-17/h1-3,6-7,10,15H,4-5,8-9H2,(H2,19,23)(H,20,21,22)/t15-/m1/s1. The number of aromatic nitrogens is 2. The molecular weight excluding hydrogens is 320 g/mol. The first-order valence-corrected chi connectivity index (χ1v) is 8.91. The molecule has 0 saturated heterocycles. The number of hydrogen-bond donors (Lipinski definition) is 2. The normalized spacial score (nSPS) is 15.0. The quantitative estimate of drug-likeness (QED) is 0.765. The molecule has 0 unspecified atom stereocenters. The SMILES string of the molecule is NC(=O)[C@H](Nc1ncnc2sc3c(c12)CCCC3)c1ccccc1. The first-order valence-electron chi connectivity index (χ1n) is 8.10. The van der Waals surface area contributed by atoms with Crippen LogP contribution in [0.3, 0.4) is 0 Å². The van der Waals surface area contributed by atoms with Crippen molar-refractivity contribution in [3.8, 4) is 0 Å². The van der Waals surface area contributed by atoms with E-state index in [1.807, 2.05) is 30.3 Å². The summed E-state index contributed by atoms with van der Waals surface area (Å²) in [6.45, 7) is 0. The Bertz CT molecular complexity index is 891. The molecule has 1 amide bonds. The number of rotatable bonds is 4. The number of aryl methyl sites for hydroxylation is 2. The number of fused-ring (bicyclic) bond motifs is 3. The highest BCUT2D eigenvalue weighted by Gasteiger charge is 2.23. The molecule has 24 heavy (non-hydrogen) atoms. The second-order valence-corrected chi connectivity index (χ2v) is 7.09. The molecule has 1 aliphatic rings. The van der Waals surface area contributed by atoms with Crippen molar-refractivity contribution in [3.05, 3.63) is 52.7 Å². The molecule has 0 saturated carbocycles. The van der Waals surface area contributed by atoms with Gasteiger partial charge in [-0.1, -0.05) is 30.3 Å². The Balaban J connectivity index is 1.78. The maximum Gasteiger partial charge on any atom is 0.244 e. The van der Waals surface area contributed by atoms with Gasteiger partial charge in [0.1, 0.15) is 23.0 Å². The average molecular weight is 338 g/mol. The van der Waals surface area contributed by atoms with Crippen LogP contribution in [0.1, 0.15) is 34.9 Å². The summed E-state index contributed by atoms with van der Waals surface area (Å²) in [7, 11) is 0. The number of anilines is 1. The van der Waals surface area contributed by atoms with E-state index in [1.165, 1.54) is 23.3 Å². The van der Waals surface area contributed by atoms with E-state index in [2.05, 4.69) is 15.3 Å². The molecule has 0 aliphatic heterocycles. The summed E-state index contributed by atoms with van der Waals surface area (Å²) in [5.41, 5.74) is 7.80. The van der Waals surface area contributed by atoms with Gasteiger partial charge in [0.15, 0.2) is 0 Å². The Morgan fingerprint density at radius 1 is 1.17 bits per heavy atom. The van der Waals surface area contributed by atoms with E-state index in [1.54, 1.807) is 17.7 Å². The van der Waals surface area contributed by atoms with Crippen LogP contribution in [0.5, 0.6) is 0 Å². The zero-order valence-electron chi connectivity index (χ0n) is 13.2. The van der Waals surface area contributed by atoms with Crippen LogP contribution in [-0.4, -0.2) is 15.9 Å². The van der Waals surface area contributed by atoms with E-state index in [9.17, 15) is 4.79 Å². The van der Waals surface area contributed by atoms with Gasteiger partial charge >= 0.3 is 0 Å². The molecule has 1 atom stereocenters. The van der Waals surface area contributed by atoms with Gasteiger partial charge < -0.3 is 11.1 Å². The summed E-state index contributed by atoms with van der Waals surface area (Å²) in [4.78, 5) is 23.2. The van der Waals surface area contributed by atoms with Crippen molar-refractivity contribution in [2.75, 3.05) is 5.32 Å². The average Bonchev–Trinajstić information content (AvgIpc) is 2.99. The van der Waals surface area contributed by atoms with Crippen LogP contribution in [-0.2, 0) is 17.6 Å². The summed E-state index contributed by atoms with van der Waals surface area (Å²) in [6, 6.07) is 8.89. The van der Waals surface area contributed by atoms with Crippen LogP contribution in [0, 0.1) is 0 Å². The monoisotopic (exact) mass is 338 g/mol. The van der Waals surface area contributed by atoms with Gasteiger partial charge in [-0.2, -0.15) is 0 Å². The maximum atomic E-state index is 12.0. The zero-order chi connectivity index (χ0) is 16.5. The number of carbonyl (C=O) groups is 1. The Morgan fingerprint density at radius 2 is 1.96 bits per heavy atom. The molecule has 6 heteroatoms. The minimum absolute atomic E-state index is 0.419. The molecule has 2 heterocycles. The molecule has 4 rings (SSSR count). The second kappa shape index (κ2) is 6.20. The molecule has 2 aromatic heterocycles. The van der Waals surface area contributed by atoms with Gasteiger partial charge in [0.05, 0.1) is 5.39 Å². The highest BCUT2D eigenvalue weighted by atomic mass is 32.1. The van der Waals surface area contributed by atoms with Crippen molar-refractivity contribution in [2.45, 2.75) is 31.7 Å². The summed E-state index contributed by atoms with van der Waals surface area (Å²) < 4.78 is 0. The second-order valence-electron chi connectivity index (χ2n) is 6.00. The Morgan fingerprint density at radius 3 is 2.75 bits per heavy atom. The third-order valence-corrected chi connectivity index (χ3v) is 5.65. The number of benzene rings is 1. The third kappa shape index (κ3) is 2.63. The van der Waals surface area contributed by atoms with Crippen molar-refractivity contribution >= 4 is 33.3 Å². The lowest BCUT2D eigenvalue weighted by Crippen LogP contribution is -2.28. The molecule has 3 aromatic rings. The predicted octanol–water partition coefficient (Wildman–Crippen LogP) is 3.21. The third-order valence-electron chi connectivity index (χ3n) is 4.45. The van der Waals surface area contributed by atoms with E-state index in [4.69, 9.17) is 5.73 Å². The van der Waals surface area contributed by atoms with E-state index in [0.717, 1.165) is 28.6 Å². The van der Waals surface area contributed by atoms with Crippen LogP contribution < -0.4 is 11.1 Å². The van der Waals surface area contributed by atoms with Gasteiger partial charge in [0.2, 0.25) is 5.91 Å². The van der Waals surface area contributed by atoms with Gasteiger partial charge in [-0.05, 0) is 36.8 Å². The van der Waals surface area contributed by atoms with Crippen molar-refractivity contribution in [3.63, 3.8) is 0 Å². The lowest BCUT2D eigenvalue weighted by Gasteiger charge is -2.18. The fourth-order valence-electron chi connectivity index (χ4n) is 3.30. The van der Waals surface area contributed by atoms with Crippen LogP contribution in [0.2, 0.25) is 0 Å². The van der Waals surface area contributed by atoms with Crippen molar-refractivity contribution in [1.29, 1.82) is 0 Å². The summed E-state index contributed by atoms with van der Waals surface area (Å²) in [5.74, 6) is 0.282. The number of primary amides is 1. The summed E-state index contributed by atoms with van der Waals surface area (Å²) >= 11 is 1.74. The lowest BCUT2D eigenvalue weighted by atomic mass is 9.97. The highest BCUT2D eigenvalue weighted by Crippen LogP contribution is 2.38. The molecule has 3 N–H and O–H groups in total. The van der Waals surface area contributed by atoms with E-state index >= 15 is 0 Å². The van der Waals surface area contributed by atoms with Gasteiger partial charge in [-0.25, -0.2) is 9.97 Å². The largest absolute Gasteiger partial charge is 0.368 e. The summed E-state index contributed by atoms with van der Waals surface area (Å²) in [6.07, 6.45) is 6.11. The van der Waals surface area contributed by atoms with Gasteiger partial charge in [-0.3, -0.25) is 4.79 Å². The molecule has 0 fully saturated rings. The number of hydrogen-bond acceptors (Lipinski definition) is 5. The van der Waals surface area contributed by atoms with Crippen molar-refractivity contribution < 1.29 is 4.79 Å². The lowest BCUT2D eigenvalue weighted by molar-refractivity contribution is -0.118. The fourth-order valence-corrected chi connectivity index (χ4v) is 4.53. The molecular formula is C18H18N4OS. The molecule has 1 aromatic carbocycles. The van der Waals surface area contributed by atoms with Crippen LogP contribution >= 0.6 is 11.3 Å². The number of nitrogens with two attached hydrogens (primary N) is 1. The number of thiophene rings is 1. The van der Waals surface area contributed by atoms with Gasteiger partial charge in [0, 0.05) is 4.88 Å². The molecule has 0 spiro atoms. The number of nitrogens with zero attached hydrogens (tertiary/aromatic N) is 2. The molecule has 0 bridgehead atoms. The van der Waals surface area contributed by atoms with Crippen molar-refractivity contribution in [1.82, 2.24) is 9.97 Å². The van der Waals surface area contributed by atoms with E-state index < -0.39 is 11.9 Å². The summed E-state index contributed by atoms with van der Waals surface area (Å²) in [5, 5.41) is 4.31. The predicted molar refractivity (Wildman–Crippen MR) is 96.1 cm³/mol. The first-order chi connectivity index (χ1) is 11.7. The Labute approximate surface area is 143 Å². The van der Waals surface area contributed by atoms with Crippen LogP contribution in [0.25, 0.3) is 10.2 Å².